The Morgan fingerprint density at radius 1 is 1.00 bits per heavy atom. The number of alkyl halides is 3. The second-order valence-electron chi connectivity index (χ2n) is 8.24. The van der Waals surface area contributed by atoms with E-state index in [0.717, 1.165) is 28.7 Å². The molecule has 1 fully saturated rings. The van der Waals surface area contributed by atoms with E-state index in [4.69, 9.17) is 5.10 Å². The number of amides is 1. The lowest BCUT2D eigenvalue weighted by Crippen LogP contribution is -2.49. The maximum absolute atomic E-state index is 12.9. The molecule has 1 N–H and O–H groups in total. The van der Waals surface area contributed by atoms with Crippen LogP contribution in [0.3, 0.4) is 0 Å². The summed E-state index contributed by atoms with van der Waals surface area (Å²) in [5.41, 5.74) is 0.0485. The minimum Gasteiger partial charge on any atom is -0.352 e. The number of nitrogens with one attached hydrogen (secondary N) is 1. The molecule has 1 aliphatic rings. The van der Waals surface area contributed by atoms with Crippen LogP contribution in [-0.2, 0) is 11.0 Å². The lowest BCUT2D eigenvalue weighted by molar-refractivity contribution is -0.137. The molecular weight excluding hydrogens is 447 g/mol. The lowest BCUT2D eigenvalue weighted by Gasteiger charge is -2.35. The molecule has 4 aromatic rings. The van der Waals surface area contributed by atoms with Crippen LogP contribution in [0.5, 0.6) is 0 Å². The summed E-state index contributed by atoms with van der Waals surface area (Å²) in [5, 5.41) is 17.7. The zero-order valence-corrected chi connectivity index (χ0v) is 18.4. The summed E-state index contributed by atoms with van der Waals surface area (Å²) in [6.45, 7) is 4.49. The van der Waals surface area contributed by atoms with Crippen molar-refractivity contribution in [1.82, 2.24) is 24.7 Å². The molecule has 34 heavy (non-hydrogen) atoms. The largest absolute Gasteiger partial charge is 0.416 e. The van der Waals surface area contributed by atoms with E-state index in [1.165, 1.54) is 12.1 Å². The van der Waals surface area contributed by atoms with Gasteiger partial charge in [-0.25, -0.2) is 0 Å². The normalized spacial score (nSPS) is 15.2. The Morgan fingerprint density at radius 3 is 2.47 bits per heavy atom. The Labute approximate surface area is 193 Å². The summed E-state index contributed by atoms with van der Waals surface area (Å²) in [6.07, 6.45) is -4.45. The van der Waals surface area contributed by atoms with Gasteiger partial charge in [-0.15, -0.1) is 15.3 Å². The SMILES string of the molecule is Cc1nnc2c3ccccc3c(N3CCN(CC(=O)Nc4cccc(C(F)(F)F)c4)CC3)nn12. The van der Waals surface area contributed by atoms with Gasteiger partial charge in [0.15, 0.2) is 17.3 Å². The van der Waals surface area contributed by atoms with Gasteiger partial charge in [0.25, 0.3) is 0 Å². The molecule has 0 unspecified atom stereocenters. The average Bonchev–Trinajstić information content (AvgIpc) is 3.19. The quantitative estimate of drug-likeness (QED) is 0.494. The van der Waals surface area contributed by atoms with Gasteiger partial charge in [-0.05, 0) is 25.1 Å². The van der Waals surface area contributed by atoms with Gasteiger partial charge in [-0.3, -0.25) is 9.69 Å². The van der Waals surface area contributed by atoms with E-state index in [0.29, 0.717) is 37.7 Å². The van der Waals surface area contributed by atoms with E-state index in [1.54, 1.807) is 4.52 Å². The molecule has 176 valence electrons. The monoisotopic (exact) mass is 469 g/mol. The molecule has 0 radical (unpaired) electrons. The van der Waals surface area contributed by atoms with Crippen molar-refractivity contribution in [2.24, 2.45) is 0 Å². The summed E-state index contributed by atoms with van der Waals surface area (Å²) in [4.78, 5) is 16.6. The van der Waals surface area contributed by atoms with Gasteiger partial charge in [0.05, 0.1) is 12.1 Å². The smallest absolute Gasteiger partial charge is 0.352 e. The van der Waals surface area contributed by atoms with Gasteiger partial charge in [-0.1, -0.05) is 30.3 Å². The minimum absolute atomic E-state index is 0.0991. The fraction of sp³-hybridized carbons (Fsp3) is 0.304. The van der Waals surface area contributed by atoms with Gasteiger partial charge < -0.3 is 10.2 Å². The van der Waals surface area contributed by atoms with Crippen molar-refractivity contribution in [3.63, 3.8) is 0 Å². The molecule has 0 bridgehead atoms. The highest BCUT2D eigenvalue weighted by Crippen LogP contribution is 2.31. The number of anilines is 2. The first kappa shape index (κ1) is 22.1. The fourth-order valence-corrected chi connectivity index (χ4v) is 4.20. The number of carbonyl (C=O) groups is 1. The predicted molar refractivity (Wildman–Crippen MR) is 122 cm³/mol. The first-order chi connectivity index (χ1) is 16.3. The van der Waals surface area contributed by atoms with E-state index in [1.807, 2.05) is 36.1 Å². The maximum Gasteiger partial charge on any atom is 0.416 e. The van der Waals surface area contributed by atoms with Crippen molar-refractivity contribution < 1.29 is 18.0 Å². The maximum atomic E-state index is 12.9. The minimum atomic E-state index is -4.45. The number of piperazine rings is 1. The standard InChI is InChI=1S/C23H22F3N7O/c1-15-28-29-21-18-7-2-3-8-19(18)22(30-33(15)21)32-11-9-31(10-12-32)14-20(34)27-17-6-4-5-16(13-17)23(24,25)26/h2-8,13H,9-12,14H2,1H3,(H,27,34). The number of nitrogens with zero attached hydrogens (tertiary/aromatic N) is 6. The molecule has 5 rings (SSSR count). The summed E-state index contributed by atoms with van der Waals surface area (Å²) in [7, 11) is 0. The highest BCUT2D eigenvalue weighted by atomic mass is 19.4. The van der Waals surface area contributed by atoms with Crippen LogP contribution in [0, 0.1) is 6.92 Å². The van der Waals surface area contributed by atoms with Crippen LogP contribution in [0.4, 0.5) is 24.7 Å². The van der Waals surface area contributed by atoms with Gasteiger partial charge in [0.2, 0.25) is 5.91 Å². The van der Waals surface area contributed by atoms with Crippen LogP contribution >= 0.6 is 0 Å². The summed E-state index contributed by atoms with van der Waals surface area (Å²) < 4.78 is 40.5. The van der Waals surface area contributed by atoms with Gasteiger partial charge in [-0.2, -0.15) is 17.7 Å². The summed E-state index contributed by atoms with van der Waals surface area (Å²) in [5.74, 6) is 1.18. The van der Waals surface area contributed by atoms with E-state index < -0.39 is 11.7 Å². The molecule has 2 aromatic carbocycles. The zero-order valence-electron chi connectivity index (χ0n) is 18.4. The zero-order chi connectivity index (χ0) is 23.9. The third-order valence-corrected chi connectivity index (χ3v) is 5.91. The number of halogens is 3. The Kier molecular flexibility index (Phi) is 5.56. The number of fused-ring (bicyclic) bond motifs is 3. The molecule has 0 saturated carbocycles. The Morgan fingerprint density at radius 2 is 1.74 bits per heavy atom. The number of hydrogen-bond donors (Lipinski definition) is 1. The Hall–Kier alpha value is -3.73. The highest BCUT2D eigenvalue weighted by Gasteiger charge is 2.30. The second kappa shape index (κ2) is 8.56. The topological polar surface area (TPSA) is 78.7 Å². The third kappa shape index (κ3) is 4.26. The van der Waals surface area contributed by atoms with Crippen LogP contribution < -0.4 is 10.2 Å². The van der Waals surface area contributed by atoms with Crippen molar-refractivity contribution in [1.29, 1.82) is 0 Å². The third-order valence-electron chi connectivity index (χ3n) is 5.91. The molecule has 8 nitrogen and oxygen atoms in total. The van der Waals surface area contributed by atoms with Crippen molar-refractivity contribution in [2.75, 3.05) is 42.9 Å². The molecule has 0 aliphatic carbocycles. The summed E-state index contributed by atoms with van der Waals surface area (Å²) >= 11 is 0. The fourth-order valence-electron chi connectivity index (χ4n) is 4.20. The molecule has 1 saturated heterocycles. The molecule has 2 aromatic heterocycles. The second-order valence-corrected chi connectivity index (χ2v) is 8.24. The van der Waals surface area contributed by atoms with Crippen LogP contribution in [0.2, 0.25) is 0 Å². The van der Waals surface area contributed by atoms with Crippen LogP contribution in [0.15, 0.2) is 48.5 Å². The average molecular weight is 469 g/mol. The van der Waals surface area contributed by atoms with E-state index in [2.05, 4.69) is 20.4 Å². The van der Waals surface area contributed by atoms with E-state index in [-0.39, 0.29) is 18.1 Å². The Balaban J connectivity index is 1.26. The first-order valence-electron chi connectivity index (χ1n) is 10.8. The number of benzene rings is 2. The Bertz CT molecular complexity index is 1360. The number of aryl methyl sites for hydroxylation is 1. The molecular formula is C23H22F3N7O. The predicted octanol–water partition coefficient (Wildman–Crippen LogP) is 3.37. The van der Waals surface area contributed by atoms with E-state index in [9.17, 15) is 18.0 Å². The molecule has 0 spiro atoms. The highest BCUT2D eigenvalue weighted by molar-refractivity contribution is 6.00. The molecule has 3 heterocycles. The van der Waals surface area contributed by atoms with Crippen LogP contribution in [-0.4, -0.2) is 63.3 Å². The van der Waals surface area contributed by atoms with Gasteiger partial charge in [0.1, 0.15) is 0 Å². The van der Waals surface area contributed by atoms with Crippen molar-refractivity contribution >= 4 is 33.8 Å². The van der Waals surface area contributed by atoms with E-state index >= 15 is 0 Å². The number of rotatable bonds is 4. The van der Waals surface area contributed by atoms with Crippen molar-refractivity contribution in [2.45, 2.75) is 13.1 Å². The van der Waals surface area contributed by atoms with Gasteiger partial charge >= 0.3 is 6.18 Å². The van der Waals surface area contributed by atoms with Crippen molar-refractivity contribution in [3.8, 4) is 0 Å². The first-order valence-corrected chi connectivity index (χ1v) is 10.8. The lowest BCUT2D eigenvalue weighted by atomic mass is 10.1. The van der Waals surface area contributed by atoms with Gasteiger partial charge in [0, 0.05) is 42.6 Å². The van der Waals surface area contributed by atoms with Crippen LogP contribution in [0.1, 0.15) is 11.4 Å². The van der Waals surface area contributed by atoms with Crippen molar-refractivity contribution in [3.05, 3.63) is 59.9 Å². The molecule has 0 atom stereocenters. The van der Waals surface area contributed by atoms with Crippen LogP contribution in [0.25, 0.3) is 16.4 Å². The number of aromatic nitrogens is 4. The summed E-state index contributed by atoms with van der Waals surface area (Å²) in [6, 6.07) is 12.6. The number of hydrogen-bond acceptors (Lipinski definition) is 6. The molecule has 1 amide bonds. The number of carbonyl (C=O) groups excluding carboxylic acids is 1. The molecule has 11 heteroatoms. The molecule has 1 aliphatic heterocycles.